The monoisotopic (exact) mass is 192 g/mol. The Balaban J connectivity index is 2.82. The van der Waals surface area contributed by atoms with Crippen molar-refractivity contribution in [2.24, 2.45) is 0 Å². The maximum absolute atomic E-state index is 13.1. The van der Waals surface area contributed by atoms with Crippen molar-refractivity contribution < 1.29 is 4.39 Å². The first-order chi connectivity index (χ1) is 6.20. The van der Waals surface area contributed by atoms with Crippen LogP contribution in [0.4, 0.5) is 9.39 Å². The van der Waals surface area contributed by atoms with Crippen molar-refractivity contribution in [1.29, 1.82) is 5.26 Å². The Bertz CT molecular complexity index is 510. The number of fused-ring (bicyclic) bond motifs is 1. The summed E-state index contributed by atoms with van der Waals surface area (Å²) in [6.07, 6.45) is 0. The number of benzene rings is 1. The van der Waals surface area contributed by atoms with Gasteiger partial charge in [-0.3, -0.25) is 0 Å². The van der Waals surface area contributed by atoms with E-state index in [4.69, 9.17) is 11.0 Å². The van der Waals surface area contributed by atoms with Crippen molar-refractivity contribution in [2.75, 3.05) is 5.73 Å². The molecule has 1 heterocycles. The number of nitrogens with zero attached hydrogens (tertiary/aromatic N) is 1. The van der Waals surface area contributed by atoms with Gasteiger partial charge in [-0.2, -0.15) is 5.26 Å². The molecule has 0 aliphatic heterocycles. The van der Waals surface area contributed by atoms with Gasteiger partial charge in [-0.25, -0.2) is 4.39 Å². The van der Waals surface area contributed by atoms with Crippen molar-refractivity contribution in [3.05, 3.63) is 29.6 Å². The normalized spacial score (nSPS) is 10.2. The first-order valence-corrected chi connectivity index (χ1v) is 4.41. The van der Waals surface area contributed by atoms with Crippen LogP contribution in [0.25, 0.3) is 10.1 Å². The molecular formula is C9H5FN2S. The van der Waals surface area contributed by atoms with Crippen LogP contribution in [0, 0.1) is 17.1 Å². The molecular weight excluding hydrogens is 187 g/mol. The summed E-state index contributed by atoms with van der Waals surface area (Å²) in [6, 6.07) is 6.38. The average molecular weight is 192 g/mol. The van der Waals surface area contributed by atoms with Crippen molar-refractivity contribution in [2.45, 2.75) is 0 Å². The van der Waals surface area contributed by atoms with Crippen LogP contribution in [-0.2, 0) is 0 Å². The highest BCUT2D eigenvalue weighted by Crippen LogP contribution is 2.29. The Morgan fingerprint density at radius 1 is 1.38 bits per heavy atom. The minimum absolute atomic E-state index is 0.0605. The highest BCUT2D eigenvalue weighted by atomic mass is 32.1. The standard InChI is InChI=1S/C9H5FN2S/c10-7-3-8-5(1-6(7)4-11)2-9(12)13-8/h1-3H,12H2. The zero-order valence-corrected chi connectivity index (χ0v) is 7.36. The molecule has 2 N–H and O–H groups in total. The average Bonchev–Trinajstić information content (AvgIpc) is 2.42. The van der Waals surface area contributed by atoms with Crippen molar-refractivity contribution >= 4 is 26.4 Å². The summed E-state index contributed by atoms with van der Waals surface area (Å²) < 4.78 is 13.8. The number of nitrogen functional groups attached to an aromatic ring is 1. The van der Waals surface area contributed by atoms with Crippen molar-refractivity contribution in [3.63, 3.8) is 0 Å². The Kier molecular flexibility index (Phi) is 1.67. The molecule has 1 aromatic carbocycles. The minimum Gasteiger partial charge on any atom is -0.391 e. The summed E-state index contributed by atoms with van der Waals surface area (Å²) in [5, 5.41) is 10.0. The lowest BCUT2D eigenvalue weighted by atomic mass is 10.2. The summed E-state index contributed by atoms with van der Waals surface area (Å²) in [5.41, 5.74) is 5.61. The number of rotatable bonds is 0. The molecule has 0 radical (unpaired) electrons. The van der Waals surface area contributed by atoms with E-state index in [0.29, 0.717) is 5.00 Å². The lowest BCUT2D eigenvalue weighted by Crippen LogP contribution is -1.80. The summed E-state index contributed by atoms with van der Waals surface area (Å²) in [4.78, 5) is 0. The quantitative estimate of drug-likeness (QED) is 0.697. The second-order valence-electron chi connectivity index (χ2n) is 2.63. The number of hydrogen-bond acceptors (Lipinski definition) is 3. The van der Waals surface area contributed by atoms with E-state index in [2.05, 4.69) is 0 Å². The number of halogens is 1. The number of hydrogen-bond donors (Lipinski definition) is 1. The van der Waals surface area contributed by atoms with Gasteiger partial charge in [0, 0.05) is 4.70 Å². The molecule has 0 aliphatic rings. The fraction of sp³-hybridized carbons (Fsp3) is 0. The molecule has 0 spiro atoms. The van der Waals surface area contributed by atoms with Gasteiger partial charge in [-0.15, -0.1) is 11.3 Å². The molecule has 0 bridgehead atoms. The van der Waals surface area contributed by atoms with Gasteiger partial charge in [0.05, 0.1) is 10.6 Å². The second-order valence-corrected chi connectivity index (χ2v) is 3.75. The van der Waals surface area contributed by atoms with E-state index in [1.165, 1.54) is 23.5 Å². The van der Waals surface area contributed by atoms with E-state index in [0.717, 1.165) is 10.1 Å². The molecule has 0 atom stereocenters. The van der Waals surface area contributed by atoms with Crippen LogP contribution in [0.5, 0.6) is 0 Å². The predicted octanol–water partition coefficient (Wildman–Crippen LogP) is 2.49. The Hall–Kier alpha value is -1.60. The number of nitrogens with two attached hydrogens (primary N) is 1. The molecule has 2 aromatic rings. The van der Waals surface area contributed by atoms with Gasteiger partial charge in [0.25, 0.3) is 0 Å². The summed E-state index contributed by atoms with van der Waals surface area (Å²) >= 11 is 1.31. The highest BCUT2D eigenvalue weighted by molar-refractivity contribution is 7.22. The molecule has 0 aliphatic carbocycles. The summed E-state index contributed by atoms with van der Waals surface area (Å²) in [5.74, 6) is -0.489. The molecule has 4 heteroatoms. The van der Waals surface area contributed by atoms with E-state index in [-0.39, 0.29) is 5.56 Å². The molecule has 0 fully saturated rings. The second kappa shape index (κ2) is 2.71. The Morgan fingerprint density at radius 2 is 2.15 bits per heavy atom. The van der Waals surface area contributed by atoms with E-state index >= 15 is 0 Å². The number of thiophene rings is 1. The van der Waals surface area contributed by atoms with Gasteiger partial charge in [0.15, 0.2) is 0 Å². The summed E-state index contributed by atoms with van der Waals surface area (Å²) in [7, 11) is 0. The maximum atomic E-state index is 13.1. The third-order valence-corrected chi connectivity index (χ3v) is 2.67. The molecule has 0 saturated heterocycles. The molecule has 0 saturated carbocycles. The molecule has 2 nitrogen and oxygen atoms in total. The van der Waals surface area contributed by atoms with E-state index < -0.39 is 5.82 Å². The zero-order valence-electron chi connectivity index (χ0n) is 6.54. The molecule has 1 aromatic heterocycles. The maximum Gasteiger partial charge on any atom is 0.142 e. The predicted molar refractivity (Wildman–Crippen MR) is 50.9 cm³/mol. The summed E-state index contributed by atoms with van der Waals surface area (Å²) in [6.45, 7) is 0. The van der Waals surface area contributed by atoms with Crippen LogP contribution < -0.4 is 5.73 Å². The third kappa shape index (κ3) is 1.23. The minimum atomic E-state index is -0.489. The van der Waals surface area contributed by atoms with Crippen LogP contribution in [0.1, 0.15) is 5.56 Å². The van der Waals surface area contributed by atoms with Gasteiger partial charge >= 0.3 is 0 Å². The van der Waals surface area contributed by atoms with Gasteiger partial charge < -0.3 is 5.73 Å². The van der Waals surface area contributed by atoms with Gasteiger partial charge in [-0.05, 0) is 23.6 Å². The zero-order chi connectivity index (χ0) is 9.42. The van der Waals surface area contributed by atoms with E-state index in [1.54, 1.807) is 12.1 Å². The number of anilines is 1. The molecule has 0 unspecified atom stereocenters. The van der Waals surface area contributed by atoms with Crippen molar-refractivity contribution in [3.8, 4) is 6.07 Å². The van der Waals surface area contributed by atoms with Crippen LogP contribution in [0.2, 0.25) is 0 Å². The smallest absolute Gasteiger partial charge is 0.142 e. The van der Waals surface area contributed by atoms with Gasteiger partial charge in [-0.1, -0.05) is 0 Å². The first kappa shape index (κ1) is 8.02. The molecule has 13 heavy (non-hydrogen) atoms. The lowest BCUT2D eigenvalue weighted by molar-refractivity contribution is 0.626. The molecule has 2 rings (SSSR count). The SMILES string of the molecule is N#Cc1cc2cc(N)sc2cc1F. The van der Waals surface area contributed by atoms with Crippen molar-refractivity contribution in [1.82, 2.24) is 0 Å². The van der Waals surface area contributed by atoms with Crippen LogP contribution >= 0.6 is 11.3 Å². The van der Waals surface area contributed by atoms with Crippen LogP contribution in [0.15, 0.2) is 18.2 Å². The fourth-order valence-corrected chi connectivity index (χ4v) is 2.01. The fourth-order valence-electron chi connectivity index (χ4n) is 1.17. The first-order valence-electron chi connectivity index (χ1n) is 3.59. The topological polar surface area (TPSA) is 49.8 Å². The third-order valence-electron chi connectivity index (χ3n) is 1.75. The Morgan fingerprint density at radius 3 is 2.85 bits per heavy atom. The lowest BCUT2D eigenvalue weighted by Gasteiger charge is -1.92. The number of nitriles is 1. The molecule has 0 amide bonds. The van der Waals surface area contributed by atoms with Crippen LogP contribution in [-0.4, -0.2) is 0 Å². The van der Waals surface area contributed by atoms with E-state index in [1.807, 2.05) is 0 Å². The van der Waals surface area contributed by atoms with E-state index in [9.17, 15) is 4.39 Å². The van der Waals surface area contributed by atoms with Crippen LogP contribution in [0.3, 0.4) is 0 Å². The highest BCUT2D eigenvalue weighted by Gasteiger charge is 2.05. The molecule has 64 valence electrons. The Labute approximate surface area is 78.0 Å². The van der Waals surface area contributed by atoms with Gasteiger partial charge in [0.1, 0.15) is 11.9 Å². The van der Waals surface area contributed by atoms with Gasteiger partial charge in [0.2, 0.25) is 0 Å². The largest absolute Gasteiger partial charge is 0.391 e.